The number of benzene rings is 1. The Morgan fingerprint density at radius 3 is 2.64 bits per heavy atom. The molecule has 0 saturated heterocycles. The molecule has 0 unspecified atom stereocenters. The number of aromatic nitrogens is 4. The van der Waals surface area contributed by atoms with E-state index in [1.807, 2.05) is 42.5 Å². The van der Waals surface area contributed by atoms with Crippen LogP contribution < -0.4 is 5.56 Å². The molecule has 122 valence electrons. The first kappa shape index (κ1) is 15.7. The molecule has 1 aromatic carbocycles. The molecule has 0 aliphatic rings. The molecule has 4 aromatic rings. The van der Waals surface area contributed by atoms with E-state index < -0.39 is 0 Å². The number of halogens is 1. The van der Waals surface area contributed by atoms with Gasteiger partial charge in [0.15, 0.2) is 0 Å². The van der Waals surface area contributed by atoms with Crippen LogP contribution in [0.3, 0.4) is 0 Å². The number of pyridine rings is 2. The summed E-state index contributed by atoms with van der Waals surface area (Å²) in [6.45, 7) is 0.311. The number of hydrogen-bond acceptors (Lipinski definition) is 4. The Bertz CT molecular complexity index is 1110. The molecule has 0 atom stereocenters. The Balaban J connectivity index is 1.96. The van der Waals surface area contributed by atoms with E-state index >= 15 is 0 Å². The van der Waals surface area contributed by atoms with Crippen LogP contribution in [0.4, 0.5) is 0 Å². The van der Waals surface area contributed by atoms with E-state index in [1.54, 1.807) is 24.5 Å². The fraction of sp³-hybridized carbons (Fsp3) is 0.0526. The molecule has 4 rings (SSSR count). The van der Waals surface area contributed by atoms with E-state index in [0.29, 0.717) is 23.1 Å². The molecule has 6 heteroatoms. The molecule has 0 amide bonds. The molecule has 0 saturated carbocycles. The summed E-state index contributed by atoms with van der Waals surface area (Å²) in [5.41, 5.74) is 2.77. The summed E-state index contributed by atoms with van der Waals surface area (Å²) in [6, 6.07) is 17.0. The SMILES string of the molecule is O=c1c2cccnc2c(-c2cccc(Br)c2)nn1Cc1ccccn1. The molecule has 25 heavy (non-hydrogen) atoms. The highest BCUT2D eigenvalue weighted by Crippen LogP contribution is 2.25. The first-order chi connectivity index (χ1) is 12.2. The Kier molecular flexibility index (Phi) is 4.11. The predicted octanol–water partition coefficient (Wildman–Crippen LogP) is 3.66. The van der Waals surface area contributed by atoms with Crippen LogP contribution in [0.25, 0.3) is 22.2 Å². The third kappa shape index (κ3) is 3.08. The zero-order valence-electron chi connectivity index (χ0n) is 13.1. The maximum absolute atomic E-state index is 12.8. The Labute approximate surface area is 152 Å². The molecule has 0 aliphatic carbocycles. The number of fused-ring (bicyclic) bond motifs is 1. The van der Waals surface area contributed by atoms with Gasteiger partial charge in [0.2, 0.25) is 0 Å². The zero-order chi connectivity index (χ0) is 17.2. The van der Waals surface area contributed by atoms with Crippen molar-refractivity contribution in [1.82, 2.24) is 19.7 Å². The molecule has 0 fully saturated rings. The van der Waals surface area contributed by atoms with Crippen LogP contribution in [-0.4, -0.2) is 19.7 Å². The van der Waals surface area contributed by atoms with E-state index in [2.05, 4.69) is 31.0 Å². The summed E-state index contributed by atoms with van der Waals surface area (Å²) in [5.74, 6) is 0. The molecule has 0 aliphatic heterocycles. The van der Waals surface area contributed by atoms with Gasteiger partial charge in [-0.05, 0) is 36.4 Å². The van der Waals surface area contributed by atoms with Crippen LogP contribution >= 0.6 is 15.9 Å². The Morgan fingerprint density at radius 2 is 1.84 bits per heavy atom. The van der Waals surface area contributed by atoms with Gasteiger partial charge in [0.1, 0.15) is 11.2 Å². The van der Waals surface area contributed by atoms with Crippen LogP contribution in [0.15, 0.2) is 76.3 Å². The first-order valence-corrected chi connectivity index (χ1v) is 8.53. The van der Waals surface area contributed by atoms with Crippen molar-refractivity contribution < 1.29 is 0 Å². The lowest BCUT2D eigenvalue weighted by Gasteiger charge is -2.10. The van der Waals surface area contributed by atoms with Crippen molar-refractivity contribution in [3.8, 4) is 11.3 Å². The van der Waals surface area contributed by atoms with Crippen LogP contribution in [0.2, 0.25) is 0 Å². The summed E-state index contributed by atoms with van der Waals surface area (Å²) < 4.78 is 2.39. The van der Waals surface area contributed by atoms with Crippen molar-refractivity contribution in [1.29, 1.82) is 0 Å². The van der Waals surface area contributed by atoms with Gasteiger partial charge in [0.05, 0.1) is 17.6 Å². The zero-order valence-corrected chi connectivity index (χ0v) is 14.7. The van der Waals surface area contributed by atoms with Crippen molar-refractivity contribution in [2.24, 2.45) is 0 Å². The van der Waals surface area contributed by atoms with Crippen molar-refractivity contribution in [2.75, 3.05) is 0 Å². The van der Waals surface area contributed by atoms with E-state index in [0.717, 1.165) is 15.7 Å². The molecule has 3 aromatic heterocycles. The lowest BCUT2D eigenvalue weighted by Crippen LogP contribution is -2.25. The van der Waals surface area contributed by atoms with Crippen LogP contribution in [0, 0.1) is 0 Å². The second-order valence-corrected chi connectivity index (χ2v) is 6.46. The van der Waals surface area contributed by atoms with Crippen molar-refractivity contribution in [3.05, 3.63) is 87.5 Å². The van der Waals surface area contributed by atoms with E-state index in [1.165, 1.54) is 4.68 Å². The second kappa shape index (κ2) is 6.57. The number of rotatable bonds is 3. The summed E-state index contributed by atoms with van der Waals surface area (Å²) >= 11 is 3.48. The van der Waals surface area contributed by atoms with Gasteiger partial charge in [0.25, 0.3) is 5.56 Å². The topological polar surface area (TPSA) is 60.7 Å². The second-order valence-electron chi connectivity index (χ2n) is 5.54. The summed E-state index contributed by atoms with van der Waals surface area (Å²) in [5, 5.41) is 5.13. The molecule has 0 N–H and O–H groups in total. The monoisotopic (exact) mass is 392 g/mol. The van der Waals surface area contributed by atoms with E-state index in [-0.39, 0.29) is 5.56 Å². The minimum absolute atomic E-state index is 0.174. The number of nitrogens with zero attached hydrogens (tertiary/aromatic N) is 4. The number of hydrogen-bond donors (Lipinski definition) is 0. The third-order valence-electron chi connectivity index (χ3n) is 3.85. The van der Waals surface area contributed by atoms with Crippen LogP contribution in [0.5, 0.6) is 0 Å². The van der Waals surface area contributed by atoms with E-state index in [9.17, 15) is 4.79 Å². The van der Waals surface area contributed by atoms with Gasteiger partial charge < -0.3 is 0 Å². The maximum Gasteiger partial charge on any atom is 0.276 e. The highest BCUT2D eigenvalue weighted by Gasteiger charge is 2.14. The Hall–Kier alpha value is -2.86. The van der Waals surface area contributed by atoms with E-state index in [4.69, 9.17) is 0 Å². The molecule has 3 heterocycles. The molecular weight excluding hydrogens is 380 g/mol. The molecule has 0 spiro atoms. The molecular formula is C19H13BrN4O. The van der Waals surface area contributed by atoms with Gasteiger partial charge in [-0.3, -0.25) is 14.8 Å². The Morgan fingerprint density at radius 1 is 0.960 bits per heavy atom. The van der Waals surface area contributed by atoms with Crippen molar-refractivity contribution in [2.45, 2.75) is 6.54 Å². The first-order valence-electron chi connectivity index (χ1n) is 7.74. The summed E-state index contributed by atoms with van der Waals surface area (Å²) in [4.78, 5) is 21.5. The molecule has 0 radical (unpaired) electrons. The third-order valence-corrected chi connectivity index (χ3v) is 4.35. The standard InChI is InChI=1S/C19H13BrN4O/c20-14-6-3-5-13(11-14)17-18-16(8-4-10-22-18)19(25)24(23-17)12-15-7-1-2-9-21-15/h1-11H,12H2. The fourth-order valence-electron chi connectivity index (χ4n) is 2.70. The molecule has 5 nitrogen and oxygen atoms in total. The quantitative estimate of drug-likeness (QED) is 0.533. The van der Waals surface area contributed by atoms with Crippen molar-refractivity contribution >= 4 is 26.8 Å². The minimum Gasteiger partial charge on any atom is -0.267 e. The van der Waals surface area contributed by atoms with Gasteiger partial charge in [-0.15, -0.1) is 0 Å². The van der Waals surface area contributed by atoms with Gasteiger partial charge in [-0.1, -0.05) is 34.1 Å². The van der Waals surface area contributed by atoms with Gasteiger partial charge >= 0.3 is 0 Å². The molecule has 0 bridgehead atoms. The lowest BCUT2D eigenvalue weighted by atomic mass is 10.1. The average molecular weight is 393 g/mol. The normalized spacial score (nSPS) is 10.9. The highest BCUT2D eigenvalue weighted by molar-refractivity contribution is 9.10. The van der Waals surface area contributed by atoms with Crippen LogP contribution in [0.1, 0.15) is 5.69 Å². The lowest BCUT2D eigenvalue weighted by molar-refractivity contribution is 0.638. The average Bonchev–Trinajstić information content (AvgIpc) is 2.65. The van der Waals surface area contributed by atoms with Crippen molar-refractivity contribution in [3.63, 3.8) is 0 Å². The van der Waals surface area contributed by atoms with Gasteiger partial charge in [-0.25, -0.2) is 4.68 Å². The predicted molar refractivity (Wildman–Crippen MR) is 100 cm³/mol. The smallest absolute Gasteiger partial charge is 0.267 e. The minimum atomic E-state index is -0.174. The fourth-order valence-corrected chi connectivity index (χ4v) is 3.10. The van der Waals surface area contributed by atoms with Gasteiger partial charge in [0, 0.05) is 22.4 Å². The van der Waals surface area contributed by atoms with Crippen LogP contribution in [-0.2, 0) is 6.54 Å². The summed E-state index contributed by atoms with van der Waals surface area (Å²) in [7, 11) is 0. The largest absolute Gasteiger partial charge is 0.276 e. The van der Waals surface area contributed by atoms with Gasteiger partial charge in [-0.2, -0.15) is 5.10 Å². The summed E-state index contributed by atoms with van der Waals surface area (Å²) in [6.07, 6.45) is 3.38. The maximum atomic E-state index is 12.8. The highest BCUT2D eigenvalue weighted by atomic mass is 79.9.